The first-order valence-corrected chi connectivity index (χ1v) is 8.79. The van der Waals surface area contributed by atoms with E-state index in [-0.39, 0.29) is 5.11 Å². The van der Waals surface area contributed by atoms with Crippen LogP contribution in [-0.4, -0.2) is 22.4 Å². The summed E-state index contributed by atoms with van der Waals surface area (Å²) < 4.78 is 5.77. The molecular weight excluding hydrogens is 360 g/mol. The van der Waals surface area contributed by atoms with Crippen molar-refractivity contribution in [3.63, 3.8) is 0 Å². The number of carbonyl (C=O) groups is 1. The number of benzene rings is 3. The van der Waals surface area contributed by atoms with E-state index in [1.54, 1.807) is 36.4 Å². The van der Waals surface area contributed by atoms with Gasteiger partial charge in [-0.25, -0.2) is 0 Å². The van der Waals surface area contributed by atoms with Crippen LogP contribution in [0, 0.1) is 0 Å². The SMILES string of the molecule is O=C1C(O)N(c2ccc(Oc3ccccc3)cc2)C(=S)N1c1ccccc1. The maximum absolute atomic E-state index is 12.5. The zero-order chi connectivity index (χ0) is 18.8. The van der Waals surface area contributed by atoms with Crippen molar-refractivity contribution in [1.82, 2.24) is 0 Å². The zero-order valence-corrected chi connectivity index (χ0v) is 15.0. The van der Waals surface area contributed by atoms with Gasteiger partial charge in [0, 0.05) is 5.69 Å². The molecule has 0 aromatic heterocycles. The Morgan fingerprint density at radius 1 is 0.778 bits per heavy atom. The fourth-order valence-corrected chi connectivity index (χ4v) is 3.30. The standard InChI is InChI=1S/C21H16N2O3S/c24-19-20(25)23(21(27)22(19)15-7-3-1-4-8-15)16-11-13-18(14-12-16)26-17-9-5-2-6-10-17/h1-14,20,25H. The van der Waals surface area contributed by atoms with Crippen molar-refractivity contribution >= 4 is 34.6 Å². The quantitative estimate of drug-likeness (QED) is 0.699. The van der Waals surface area contributed by atoms with Crippen LogP contribution in [0.4, 0.5) is 11.4 Å². The molecule has 3 aromatic rings. The van der Waals surface area contributed by atoms with Gasteiger partial charge in [-0.2, -0.15) is 0 Å². The van der Waals surface area contributed by atoms with E-state index >= 15 is 0 Å². The van der Waals surface area contributed by atoms with Crippen molar-refractivity contribution in [2.45, 2.75) is 6.23 Å². The Hall–Kier alpha value is -3.22. The summed E-state index contributed by atoms with van der Waals surface area (Å²) in [4.78, 5) is 15.3. The lowest BCUT2D eigenvalue weighted by molar-refractivity contribution is -0.123. The number of nitrogens with zero attached hydrogens (tertiary/aromatic N) is 2. The molecule has 6 heteroatoms. The number of anilines is 2. The van der Waals surface area contributed by atoms with Gasteiger partial charge in [0.25, 0.3) is 5.91 Å². The molecule has 1 aliphatic rings. The van der Waals surface area contributed by atoms with E-state index in [4.69, 9.17) is 17.0 Å². The molecule has 1 saturated heterocycles. The molecule has 1 aliphatic heterocycles. The highest BCUT2D eigenvalue weighted by Crippen LogP contribution is 2.31. The summed E-state index contributed by atoms with van der Waals surface area (Å²) >= 11 is 5.46. The van der Waals surface area contributed by atoms with Crippen molar-refractivity contribution < 1.29 is 14.6 Å². The van der Waals surface area contributed by atoms with Gasteiger partial charge in [-0.15, -0.1) is 0 Å². The van der Waals surface area contributed by atoms with Gasteiger partial charge in [0.1, 0.15) is 11.5 Å². The van der Waals surface area contributed by atoms with Crippen molar-refractivity contribution in [2.24, 2.45) is 0 Å². The Labute approximate surface area is 162 Å². The van der Waals surface area contributed by atoms with E-state index in [0.29, 0.717) is 17.1 Å². The monoisotopic (exact) mass is 376 g/mol. The second-order valence-electron chi connectivity index (χ2n) is 5.94. The first kappa shape index (κ1) is 17.2. The van der Waals surface area contributed by atoms with Crippen molar-refractivity contribution in [3.05, 3.63) is 84.9 Å². The first-order chi connectivity index (χ1) is 13.1. The van der Waals surface area contributed by atoms with E-state index in [2.05, 4.69) is 0 Å². The van der Waals surface area contributed by atoms with Gasteiger partial charge in [-0.05, 0) is 60.7 Å². The third kappa shape index (κ3) is 3.28. The number of amides is 1. The Bertz CT molecular complexity index is 962. The van der Waals surface area contributed by atoms with E-state index < -0.39 is 12.1 Å². The van der Waals surface area contributed by atoms with Crippen LogP contribution >= 0.6 is 12.2 Å². The predicted octanol–water partition coefficient (Wildman–Crippen LogP) is 3.94. The molecule has 1 amide bonds. The Kier molecular flexibility index (Phi) is 4.58. The molecule has 5 nitrogen and oxygen atoms in total. The molecule has 1 unspecified atom stereocenters. The number of hydrogen-bond acceptors (Lipinski definition) is 4. The van der Waals surface area contributed by atoms with Crippen LogP contribution in [0.2, 0.25) is 0 Å². The lowest BCUT2D eigenvalue weighted by atomic mass is 10.2. The fourth-order valence-electron chi connectivity index (χ4n) is 2.90. The highest BCUT2D eigenvalue weighted by atomic mass is 32.1. The zero-order valence-electron chi connectivity index (χ0n) is 14.2. The summed E-state index contributed by atoms with van der Waals surface area (Å²) in [6.07, 6.45) is -1.36. The summed E-state index contributed by atoms with van der Waals surface area (Å²) in [6.45, 7) is 0. The lowest BCUT2D eigenvalue weighted by Gasteiger charge is -2.21. The van der Waals surface area contributed by atoms with E-state index in [1.807, 2.05) is 48.5 Å². The molecule has 1 fully saturated rings. The molecule has 134 valence electrons. The third-order valence-corrected chi connectivity index (χ3v) is 4.57. The Balaban J connectivity index is 1.58. The number of para-hydroxylation sites is 2. The van der Waals surface area contributed by atoms with Gasteiger partial charge in [0.15, 0.2) is 5.11 Å². The number of aliphatic hydroxyl groups is 1. The normalized spacial score (nSPS) is 16.7. The molecule has 1 N–H and O–H groups in total. The molecule has 0 saturated carbocycles. The summed E-state index contributed by atoms with van der Waals surface area (Å²) in [5.74, 6) is 0.902. The minimum Gasteiger partial charge on any atom is -0.457 e. The second-order valence-corrected chi connectivity index (χ2v) is 6.31. The minimum atomic E-state index is -1.36. The van der Waals surface area contributed by atoms with E-state index in [9.17, 15) is 9.90 Å². The lowest BCUT2D eigenvalue weighted by Crippen LogP contribution is -2.34. The average molecular weight is 376 g/mol. The average Bonchev–Trinajstić information content (AvgIpc) is 2.93. The number of carbonyl (C=O) groups excluding carboxylic acids is 1. The van der Waals surface area contributed by atoms with Gasteiger partial charge >= 0.3 is 0 Å². The predicted molar refractivity (Wildman–Crippen MR) is 108 cm³/mol. The molecule has 1 heterocycles. The van der Waals surface area contributed by atoms with Crippen molar-refractivity contribution in [1.29, 1.82) is 0 Å². The topological polar surface area (TPSA) is 53.0 Å². The minimum absolute atomic E-state index is 0.232. The van der Waals surface area contributed by atoms with Crippen LogP contribution < -0.4 is 14.5 Å². The molecule has 0 spiro atoms. The van der Waals surface area contributed by atoms with Crippen LogP contribution in [0.5, 0.6) is 11.5 Å². The number of rotatable bonds is 4. The largest absolute Gasteiger partial charge is 0.457 e. The van der Waals surface area contributed by atoms with Crippen molar-refractivity contribution in [2.75, 3.05) is 9.80 Å². The molecule has 0 radical (unpaired) electrons. The molecule has 0 bridgehead atoms. The summed E-state index contributed by atoms with van der Waals surface area (Å²) in [6, 6.07) is 25.5. The maximum atomic E-state index is 12.5. The van der Waals surface area contributed by atoms with Crippen LogP contribution in [0.1, 0.15) is 0 Å². The molecule has 4 rings (SSSR count). The Morgan fingerprint density at radius 3 is 1.96 bits per heavy atom. The van der Waals surface area contributed by atoms with Gasteiger partial charge in [-0.1, -0.05) is 36.4 Å². The van der Waals surface area contributed by atoms with Gasteiger partial charge in [-0.3, -0.25) is 14.6 Å². The second kappa shape index (κ2) is 7.19. The summed E-state index contributed by atoms with van der Waals surface area (Å²) in [7, 11) is 0. The van der Waals surface area contributed by atoms with Crippen LogP contribution in [-0.2, 0) is 4.79 Å². The molecule has 1 atom stereocenters. The Morgan fingerprint density at radius 2 is 1.33 bits per heavy atom. The van der Waals surface area contributed by atoms with E-state index in [1.165, 1.54) is 9.80 Å². The summed E-state index contributed by atoms with van der Waals surface area (Å²) in [5.41, 5.74) is 1.23. The van der Waals surface area contributed by atoms with Crippen molar-refractivity contribution in [3.8, 4) is 11.5 Å². The summed E-state index contributed by atoms with van der Waals surface area (Å²) in [5, 5.41) is 10.7. The van der Waals surface area contributed by atoms with Crippen LogP contribution in [0.3, 0.4) is 0 Å². The number of thiocarbonyl (C=S) groups is 1. The highest BCUT2D eigenvalue weighted by molar-refractivity contribution is 7.81. The molecule has 3 aromatic carbocycles. The molecule has 27 heavy (non-hydrogen) atoms. The van der Waals surface area contributed by atoms with Gasteiger partial charge in [0.05, 0.1) is 5.69 Å². The van der Waals surface area contributed by atoms with Gasteiger partial charge in [0.2, 0.25) is 6.23 Å². The highest BCUT2D eigenvalue weighted by Gasteiger charge is 2.43. The smallest absolute Gasteiger partial charge is 0.283 e. The van der Waals surface area contributed by atoms with Crippen LogP contribution in [0.15, 0.2) is 84.9 Å². The van der Waals surface area contributed by atoms with E-state index in [0.717, 1.165) is 5.75 Å². The molecule has 0 aliphatic carbocycles. The number of hydrogen-bond donors (Lipinski definition) is 1. The maximum Gasteiger partial charge on any atom is 0.283 e. The molecular formula is C21H16N2O3S. The number of ether oxygens (including phenoxy) is 1. The fraction of sp³-hybridized carbons (Fsp3) is 0.0476. The van der Waals surface area contributed by atoms with Gasteiger partial charge < -0.3 is 9.84 Å². The van der Waals surface area contributed by atoms with Crippen LogP contribution in [0.25, 0.3) is 0 Å². The third-order valence-electron chi connectivity index (χ3n) is 4.19. The first-order valence-electron chi connectivity index (χ1n) is 8.38. The number of aliphatic hydroxyl groups excluding tert-OH is 1.